The van der Waals surface area contributed by atoms with Crippen LogP contribution in [0.2, 0.25) is 0 Å². The molecule has 0 unspecified atom stereocenters. The Morgan fingerprint density at radius 2 is 1.67 bits per heavy atom. The van der Waals surface area contributed by atoms with E-state index in [1.54, 1.807) is 39.5 Å². The Hall–Kier alpha value is -3.61. The number of carbonyl (C=O) groups is 1. The number of amides is 2. The van der Waals surface area contributed by atoms with Gasteiger partial charge in [-0.15, -0.1) is 0 Å². The molecule has 0 spiro atoms. The number of nitrogens with one attached hydrogen (secondary N) is 2. The average molecular weight is 409 g/mol. The monoisotopic (exact) mass is 409 g/mol. The van der Waals surface area contributed by atoms with Crippen molar-refractivity contribution in [1.82, 2.24) is 9.88 Å². The highest BCUT2D eigenvalue weighted by atomic mass is 16.5. The lowest BCUT2D eigenvalue weighted by molar-refractivity contribution is 0.251. The van der Waals surface area contributed by atoms with E-state index >= 15 is 0 Å². The number of aryl methyl sites for hydroxylation is 1. The first-order valence-electron chi connectivity index (χ1n) is 9.56. The van der Waals surface area contributed by atoms with Gasteiger partial charge in [-0.05, 0) is 49.7 Å². The topological polar surface area (TPSA) is 73.8 Å². The SMILES string of the molecule is COc1ccc(OC)c(NC(=O)NCc2cc(C)n(-c3ccccc3OC)c2C)c1. The van der Waals surface area contributed by atoms with Crippen LogP contribution in [0.1, 0.15) is 17.0 Å². The number of para-hydroxylation sites is 2. The van der Waals surface area contributed by atoms with E-state index in [1.165, 1.54) is 0 Å². The fourth-order valence-electron chi connectivity index (χ4n) is 3.45. The molecule has 3 rings (SSSR count). The molecule has 0 radical (unpaired) electrons. The van der Waals surface area contributed by atoms with Crippen LogP contribution >= 0.6 is 0 Å². The second-order valence-corrected chi connectivity index (χ2v) is 6.78. The van der Waals surface area contributed by atoms with Crippen molar-refractivity contribution in [3.8, 4) is 22.9 Å². The van der Waals surface area contributed by atoms with Gasteiger partial charge in [0.05, 0.1) is 32.7 Å². The summed E-state index contributed by atoms with van der Waals surface area (Å²) in [7, 11) is 4.79. The number of ether oxygens (including phenoxy) is 3. The number of anilines is 1. The van der Waals surface area contributed by atoms with Crippen molar-refractivity contribution in [2.24, 2.45) is 0 Å². The number of aromatic nitrogens is 1. The number of rotatable bonds is 7. The van der Waals surface area contributed by atoms with E-state index in [9.17, 15) is 4.79 Å². The Labute approximate surface area is 176 Å². The molecule has 0 saturated carbocycles. The highest BCUT2D eigenvalue weighted by molar-refractivity contribution is 5.91. The summed E-state index contributed by atoms with van der Waals surface area (Å²) < 4.78 is 18.1. The van der Waals surface area contributed by atoms with Crippen molar-refractivity contribution >= 4 is 11.7 Å². The number of urea groups is 1. The van der Waals surface area contributed by atoms with Crippen LogP contribution in [0, 0.1) is 13.8 Å². The Balaban J connectivity index is 1.75. The van der Waals surface area contributed by atoms with Crippen LogP contribution in [0.5, 0.6) is 17.2 Å². The van der Waals surface area contributed by atoms with Crippen LogP contribution in [-0.4, -0.2) is 31.9 Å². The van der Waals surface area contributed by atoms with Gasteiger partial charge in [0.25, 0.3) is 0 Å². The molecule has 0 saturated heterocycles. The van der Waals surface area contributed by atoms with E-state index in [2.05, 4.69) is 21.3 Å². The number of hydrogen-bond acceptors (Lipinski definition) is 4. The predicted molar refractivity (Wildman–Crippen MR) is 117 cm³/mol. The maximum atomic E-state index is 12.5. The van der Waals surface area contributed by atoms with E-state index in [-0.39, 0.29) is 6.03 Å². The number of benzene rings is 2. The molecule has 1 aromatic heterocycles. The van der Waals surface area contributed by atoms with E-state index in [0.717, 1.165) is 28.4 Å². The van der Waals surface area contributed by atoms with Crippen molar-refractivity contribution in [2.75, 3.05) is 26.6 Å². The zero-order valence-corrected chi connectivity index (χ0v) is 17.9. The molecule has 7 heteroatoms. The number of carbonyl (C=O) groups excluding carboxylic acids is 1. The second-order valence-electron chi connectivity index (χ2n) is 6.78. The summed E-state index contributed by atoms with van der Waals surface area (Å²) in [5.41, 5.74) is 4.62. The van der Waals surface area contributed by atoms with Gasteiger partial charge in [-0.3, -0.25) is 0 Å². The van der Waals surface area contributed by atoms with Crippen LogP contribution in [0.3, 0.4) is 0 Å². The van der Waals surface area contributed by atoms with Gasteiger partial charge < -0.3 is 29.4 Å². The van der Waals surface area contributed by atoms with E-state index in [4.69, 9.17) is 14.2 Å². The van der Waals surface area contributed by atoms with Crippen molar-refractivity contribution in [2.45, 2.75) is 20.4 Å². The molecule has 1 heterocycles. The molecule has 0 bridgehead atoms. The van der Waals surface area contributed by atoms with Crippen LogP contribution < -0.4 is 24.8 Å². The maximum absolute atomic E-state index is 12.5. The van der Waals surface area contributed by atoms with Crippen molar-refractivity contribution < 1.29 is 19.0 Å². The van der Waals surface area contributed by atoms with Gasteiger partial charge in [-0.25, -0.2) is 4.79 Å². The molecule has 7 nitrogen and oxygen atoms in total. The Kier molecular flexibility index (Phi) is 6.51. The Morgan fingerprint density at radius 1 is 0.933 bits per heavy atom. The first-order valence-corrected chi connectivity index (χ1v) is 9.56. The molecular formula is C23H27N3O4. The third-order valence-electron chi connectivity index (χ3n) is 4.96. The van der Waals surface area contributed by atoms with E-state index in [0.29, 0.717) is 23.7 Å². The van der Waals surface area contributed by atoms with Gasteiger partial charge >= 0.3 is 6.03 Å². The predicted octanol–water partition coefficient (Wildman–Crippen LogP) is 4.44. The standard InChI is InChI=1S/C23H27N3O4/c1-15-12-17(16(2)26(15)20-8-6-7-9-22(20)30-5)14-24-23(27)25-19-13-18(28-3)10-11-21(19)29-4/h6-13H,14H2,1-5H3,(H2,24,25,27). The highest BCUT2D eigenvalue weighted by Gasteiger charge is 2.15. The first-order chi connectivity index (χ1) is 14.5. The smallest absolute Gasteiger partial charge is 0.319 e. The molecule has 0 atom stereocenters. The molecule has 2 N–H and O–H groups in total. The van der Waals surface area contributed by atoms with E-state index in [1.807, 2.05) is 38.1 Å². The minimum Gasteiger partial charge on any atom is -0.497 e. The fraction of sp³-hybridized carbons (Fsp3) is 0.261. The van der Waals surface area contributed by atoms with Gasteiger partial charge in [0.15, 0.2) is 0 Å². The highest BCUT2D eigenvalue weighted by Crippen LogP contribution is 2.29. The van der Waals surface area contributed by atoms with Crippen LogP contribution in [0.15, 0.2) is 48.5 Å². The summed E-state index contributed by atoms with van der Waals surface area (Å²) in [5, 5.41) is 5.72. The molecule has 2 amide bonds. The normalized spacial score (nSPS) is 10.4. The number of methoxy groups -OCH3 is 3. The summed E-state index contributed by atoms with van der Waals surface area (Å²) in [6.45, 7) is 4.44. The van der Waals surface area contributed by atoms with Gasteiger partial charge in [-0.2, -0.15) is 0 Å². The van der Waals surface area contributed by atoms with Crippen molar-refractivity contribution in [3.05, 3.63) is 65.5 Å². The van der Waals surface area contributed by atoms with Crippen LogP contribution in [0.25, 0.3) is 5.69 Å². The molecule has 30 heavy (non-hydrogen) atoms. The minimum absolute atomic E-state index is 0.330. The van der Waals surface area contributed by atoms with Gasteiger partial charge in [0, 0.05) is 24.0 Å². The minimum atomic E-state index is -0.330. The molecule has 0 aliphatic carbocycles. The molecule has 3 aromatic rings. The third kappa shape index (κ3) is 4.35. The maximum Gasteiger partial charge on any atom is 0.319 e. The molecule has 158 valence electrons. The van der Waals surface area contributed by atoms with Gasteiger partial charge in [0.2, 0.25) is 0 Å². The third-order valence-corrected chi connectivity index (χ3v) is 4.96. The summed E-state index contributed by atoms with van der Waals surface area (Å²) in [5.74, 6) is 1.98. The fourth-order valence-corrected chi connectivity index (χ4v) is 3.45. The lowest BCUT2D eigenvalue weighted by atomic mass is 10.2. The summed E-state index contributed by atoms with van der Waals surface area (Å²) in [6, 6.07) is 14.8. The molecule has 2 aromatic carbocycles. The van der Waals surface area contributed by atoms with Crippen LogP contribution in [0.4, 0.5) is 10.5 Å². The molecule has 0 fully saturated rings. The van der Waals surface area contributed by atoms with Crippen LogP contribution in [-0.2, 0) is 6.54 Å². The van der Waals surface area contributed by atoms with Gasteiger partial charge in [0.1, 0.15) is 17.2 Å². The second kappa shape index (κ2) is 9.26. The summed E-state index contributed by atoms with van der Waals surface area (Å²) >= 11 is 0. The van der Waals surface area contributed by atoms with Crippen molar-refractivity contribution in [3.63, 3.8) is 0 Å². The number of nitrogens with zero attached hydrogens (tertiary/aromatic N) is 1. The van der Waals surface area contributed by atoms with Crippen molar-refractivity contribution in [1.29, 1.82) is 0 Å². The molecule has 0 aliphatic rings. The lowest BCUT2D eigenvalue weighted by Crippen LogP contribution is -2.28. The van der Waals surface area contributed by atoms with Gasteiger partial charge in [-0.1, -0.05) is 12.1 Å². The lowest BCUT2D eigenvalue weighted by Gasteiger charge is -2.14. The average Bonchev–Trinajstić information content (AvgIpc) is 3.05. The zero-order chi connectivity index (χ0) is 21.7. The molecule has 0 aliphatic heterocycles. The quantitative estimate of drug-likeness (QED) is 0.605. The first kappa shape index (κ1) is 21.1. The summed E-state index contributed by atoms with van der Waals surface area (Å²) in [6.07, 6.45) is 0. The van der Waals surface area contributed by atoms with E-state index < -0.39 is 0 Å². The number of hydrogen-bond donors (Lipinski definition) is 2. The Morgan fingerprint density at radius 3 is 2.37 bits per heavy atom. The molecular weight excluding hydrogens is 382 g/mol. The largest absolute Gasteiger partial charge is 0.497 e. The zero-order valence-electron chi connectivity index (χ0n) is 17.9. The Bertz CT molecular complexity index is 1040. The summed E-state index contributed by atoms with van der Waals surface area (Å²) in [4.78, 5) is 12.5.